The van der Waals surface area contributed by atoms with Gasteiger partial charge in [-0.05, 0) is 43.7 Å². The minimum atomic E-state index is -0.248. The van der Waals surface area contributed by atoms with Gasteiger partial charge in [-0.1, -0.05) is 48.5 Å². The number of carbonyl (C=O) groups is 1. The number of amides is 1. The molecule has 1 N–H and O–H groups in total. The quantitative estimate of drug-likeness (QED) is 0.371. The number of hydrogen-bond acceptors (Lipinski definition) is 5. The van der Waals surface area contributed by atoms with E-state index in [0.29, 0.717) is 36.0 Å². The first-order valence-electron chi connectivity index (χ1n) is 11.3. The van der Waals surface area contributed by atoms with E-state index in [9.17, 15) is 4.79 Å². The zero-order chi connectivity index (χ0) is 24.8. The number of para-hydroxylation sites is 1. The van der Waals surface area contributed by atoms with Crippen LogP contribution < -0.4 is 19.5 Å². The second-order valence-electron chi connectivity index (χ2n) is 8.06. The molecule has 180 valence electrons. The average Bonchev–Trinajstić information content (AvgIpc) is 3.19. The topological polar surface area (TPSA) is 74.6 Å². The van der Waals surface area contributed by atoms with Gasteiger partial charge in [0.2, 0.25) is 5.75 Å². The van der Waals surface area contributed by atoms with Gasteiger partial charge >= 0.3 is 0 Å². The van der Waals surface area contributed by atoms with Gasteiger partial charge in [0.1, 0.15) is 6.61 Å². The molecule has 35 heavy (non-hydrogen) atoms. The van der Waals surface area contributed by atoms with Crippen LogP contribution in [0.4, 0.5) is 0 Å². The van der Waals surface area contributed by atoms with Gasteiger partial charge in [0, 0.05) is 23.4 Å². The summed E-state index contributed by atoms with van der Waals surface area (Å²) in [6, 6.07) is 23.0. The van der Waals surface area contributed by atoms with E-state index in [1.165, 1.54) is 14.2 Å². The highest BCUT2D eigenvalue weighted by molar-refractivity contribution is 5.95. The number of methoxy groups -OCH3 is 2. The highest BCUT2D eigenvalue weighted by atomic mass is 16.5. The van der Waals surface area contributed by atoms with E-state index >= 15 is 0 Å². The van der Waals surface area contributed by atoms with Crippen LogP contribution in [0.2, 0.25) is 0 Å². The lowest BCUT2D eigenvalue weighted by molar-refractivity contribution is 0.0950. The molecule has 0 fully saturated rings. The second kappa shape index (κ2) is 10.8. The number of benzene rings is 3. The normalized spacial score (nSPS) is 10.6. The molecule has 7 nitrogen and oxygen atoms in total. The van der Waals surface area contributed by atoms with Crippen LogP contribution in [0, 0.1) is 13.8 Å². The number of hydrogen-bond donors (Lipinski definition) is 1. The maximum Gasteiger partial charge on any atom is 0.251 e. The van der Waals surface area contributed by atoms with Crippen molar-refractivity contribution in [2.45, 2.75) is 27.0 Å². The van der Waals surface area contributed by atoms with E-state index in [-0.39, 0.29) is 5.91 Å². The minimum absolute atomic E-state index is 0.248. The maximum atomic E-state index is 13.1. The van der Waals surface area contributed by atoms with E-state index in [0.717, 1.165) is 28.2 Å². The van der Waals surface area contributed by atoms with Crippen LogP contribution in [-0.2, 0) is 13.2 Å². The molecule has 0 atom stereocenters. The Labute approximate surface area is 205 Å². The Bertz CT molecular complexity index is 1280. The molecule has 0 saturated carbocycles. The van der Waals surface area contributed by atoms with Crippen molar-refractivity contribution >= 4 is 5.91 Å². The molecule has 0 aliphatic carbocycles. The van der Waals surface area contributed by atoms with Crippen LogP contribution >= 0.6 is 0 Å². The number of ether oxygens (including phenoxy) is 3. The Morgan fingerprint density at radius 2 is 1.51 bits per heavy atom. The lowest BCUT2D eigenvalue weighted by atomic mass is 10.1. The largest absolute Gasteiger partial charge is 0.493 e. The molecule has 0 bridgehead atoms. The van der Waals surface area contributed by atoms with Crippen molar-refractivity contribution in [2.24, 2.45) is 0 Å². The van der Waals surface area contributed by atoms with Gasteiger partial charge in [0.15, 0.2) is 11.5 Å². The van der Waals surface area contributed by atoms with E-state index in [1.54, 1.807) is 12.1 Å². The number of nitrogens with one attached hydrogen (secondary N) is 1. The van der Waals surface area contributed by atoms with Gasteiger partial charge < -0.3 is 19.5 Å². The SMILES string of the molecule is COc1cc(C(=O)NCc2c(C)nn(-c3ccccc3)c2C)cc(OC)c1OCc1ccccc1. The summed E-state index contributed by atoms with van der Waals surface area (Å²) in [4.78, 5) is 13.1. The Hall–Kier alpha value is -4.26. The predicted molar refractivity (Wildman–Crippen MR) is 135 cm³/mol. The molecule has 3 aromatic carbocycles. The third kappa shape index (κ3) is 5.30. The monoisotopic (exact) mass is 471 g/mol. The van der Waals surface area contributed by atoms with Crippen molar-refractivity contribution in [3.63, 3.8) is 0 Å². The van der Waals surface area contributed by atoms with Gasteiger partial charge in [-0.25, -0.2) is 4.68 Å². The lowest BCUT2D eigenvalue weighted by Crippen LogP contribution is -2.23. The smallest absolute Gasteiger partial charge is 0.251 e. The standard InChI is InChI=1S/C28H29N3O4/c1-19-24(20(2)31(30-19)23-13-9-6-10-14-23)17-29-28(32)22-15-25(33-3)27(26(16-22)34-4)35-18-21-11-7-5-8-12-21/h5-16H,17-18H2,1-4H3,(H,29,32). The molecule has 4 rings (SSSR count). The summed E-state index contributed by atoms with van der Waals surface area (Å²) in [6.45, 7) is 4.64. The Morgan fingerprint density at radius 3 is 2.11 bits per heavy atom. The molecule has 1 heterocycles. The molecule has 1 aromatic heterocycles. The lowest BCUT2D eigenvalue weighted by Gasteiger charge is -2.16. The Balaban J connectivity index is 1.51. The van der Waals surface area contributed by atoms with Gasteiger partial charge in [-0.3, -0.25) is 4.79 Å². The van der Waals surface area contributed by atoms with Crippen molar-refractivity contribution in [1.29, 1.82) is 0 Å². The first-order chi connectivity index (χ1) is 17.0. The van der Waals surface area contributed by atoms with Crippen LogP contribution in [0.15, 0.2) is 72.8 Å². The second-order valence-corrected chi connectivity index (χ2v) is 8.06. The summed E-state index contributed by atoms with van der Waals surface area (Å²) in [7, 11) is 3.08. The van der Waals surface area contributed by atoms with Crippen molar-refractivity contribution in [2.75, 3.05) is 14.2 Å². The summed E-state index contributed by atoms with van der Waals surface area (Å²) in [5, 5.41) is 7.65. The molecule has 0 aliphatic heterocycles. The molecular weight excluding hydrogens is 442 g/mol. The van der Waals surface area contributed by atoms with E-state index in [1.807, 2.05) is 79.2 Å². The fourth-order valence-corrected chi connectivity index (χ4v) is 3.91. The Morgan fingerprint density at radius 1 is 0.914 bits per heavy atom. The molecule has 0 saturated heterocycles. The van der Waals surface area contributed by atoms with Gasteiger partial charge in [-0.2, -0.15) is 5.10 Å². The van der Waals surface area contributed by atoms with Gasteiger partial charge in [0.05, 0.1) is 25.6 Å². The Kier molecular flexibility index (Phi) is 7.35. The van der Waals surface area contributed by atoms with Crippen LogP contribution in [0.5, 0.6) is 17.2 Å². The van der Waals surface area contributed by atoms with Crippen molar-refractivity contribution < 1.29 is 19.0 Å². The summed E-state index contributed by atoms with van der Waals surface area (Å²) >= 11 is 0. The summed E-state index contributed by atoms with van der Waals surface area (Å²) in [6.07, 6.45) is 0. The predicted octanol–water partition coefficient (Wildman–Crippen LogP) is 5.02. The molecule has 0 radical (unpaired) electrons. The number of rotatable bonds is 9. The average molecular weight is 472 g/mol. The fraction of sp³-hybridized carbons (Fsp3) is 0.214. The molecular formula is C28H29N3O4. The maximum absolute atomic E-state index is 13.1. The molecule has 4 aromatic rings. The van der Waals surface area contributed by atoms with Gasteiger partial charge in [0.25, 0.3) is 5.91 Å². The summed E-state index contributed by atoms with van der Waals surface area (Å²) in [5.74, 6) is 1.05. The van der Waals surface area contributed by atoms with Crippen molar-refractivity contribution in [1.82, 2.24) is 15.1 Å². The molecule has 7 heteroatoms. The number of aryl methyl sites for hydroxylation is 1. The third-order valence-corrected chi connectivity index (χ3v) is 5.82. The van der Waals surface area contributed by atoms with Crippen molar-refractivity contribution in [3.8, 4) is 22.9 Å². The van der Waals surface area contributed by atoms with Crippen molar-refractivity contribution in [3.05, 3.63) is 101 Å². The minimum Gasteiger partial charge on any atom is -0.493 e. The highest BCUT2D eigenvalue weighted by Gasteiger charge is 2.19. The van der Waals surface area contributed by atoms with Crippen LogP contribution in [0.3, 0.4) is 0 Å². The van der Waals surface area contributed by atoms with Crippen LogP contribution in [-0.4, -0.2) is 29.9 Å². The van der Waals surface area contributed by atoms with Crippen LogP contribution in [0.1, 0.15) is 32.9 Å². The summed E-state index contributed by atoms with van der Waals surface area (Å²) in [5.41, 5.74) is 5.23. The molecule has 0 spiro atoms. The highest BCUT2D eigenvalue weighted by Crippen LogP contribution is 2.39. The van der Waals surface area contributed by atoms with Crippen LogP contribution in [0.25, 0.3) is 5.69 Å². The summed E-state index contributed by atoms with van der Waals surface area (Å²) < 4.78 is 18.9. The first-order valence-corrected chi connectivity index (χ1v) is 11.3. The number of aromatic nitrogens is 2. The first kappa shape index (κ1) is 23.9. The third-order valence-electron chi connectivity index (χ3n) is 5.82. The van der Waals surface area contributed by atoms with E-state index < -0.39 is 0 Å². The van der Waals surface area contributed by atoms with E-state index in [4.69, 9.17) is 14.2 Å². The van der Waals surface area contributed by atoms with Gasteiger partial charge in [-0.15, -0.1) is 0 Å². The van der Waals surface area contributed by atoms with E-state index in [2.05, 4.69) is 10.4 Å². The zero-order valence-corrected chi connectivity index (χ0v) is 20.4. The zero-order valence-electron chi connectivity index (χ0n) is 20.4. The molecule has 1 amide bonds. The molecule has 0 aliphatic rings. The molecule has 0 unspecified atom stereocenters. The fourth-order valence-electron chi connectivity index (χ4n) is 3.91. The number of carbonyl (C=O) groups excluding carboxylic acids is 1. The number of nitrogens with zero attached hydrogens (tertiary/aromatic N) is 2.